The molecule has 0 saturated heterocycles. The van der Waals surface area contributed by atoms with Crippen LogP contribution in [0.3, 0.4) is 0 Å². The van der Waals surface area contributed by atoms with Crippen LogP contribution >= 0.6 is 11.8 Å². The van der Waals surface area contributed by atoms with Crippen molar-refractivity contribution in [2.24, 2.45) is 11.7 Å². The van der Waals surface area contributed by atoms with E-state index in [1.165, 1.54) is 5.41 Å². The first-order chi connectivity index (χ1) is 10.3. The summed E-state index contributed by atoms with van der Waals surface area (Å²) in [5, 5.41) is 1.45. The summed E-state index contributed by atoms with van der Waals surface area (Å²) in [6, 6.07) is 0. The van der Waals surface area contributed by atoms with Gasteiger partial charge in [-0.25, -0.2) is 6.08 Å². The van der Waals surface area contributed by atoms with Gasteiger partial charge in [0.15, 0.2) is 5.92 Å². The molecule has 24 heavy (non-hydrogen) atoms. The smallest absolute Gasteiger partial charge is 0.474 e. The summed E-state index contributed by atoms with van der Waals surface area (Å²) in [6.45, 7) is 19.3. The summed E-state index contributed by atoms with van der Waals surface area (Å²) in [6.07, 6.45) is 1.12. The molecular weight excluding hydrogens is 400 g/mol. The number of hydrogen-bond donors (Lipinski definition) is 1. The molecule has 0 heterocycles. The minimum atomic E-state index is -1.32. The molecule has 0 spiro atoms. The van der Waals surface area contributed by atoms with Crippen molar-refractivity contribution < 1.29 is 77.3 Å². The van der Waals surface area contributed by atoms with Crippen molar-refractivity contribution in [3.05, 3.63) is 35.2 Å². The Hall–Kier alpha value is 0.115. The van der Waals surface area contributed by atoms with Crippen LogP contribution < -0.4 is 63.9 Å². The van der Waals surface area contributed by atoms with Crippen molar-refractivity contribution in [3.63, 3.8) is 0 Å². The number of allylic oxidation sites excluding steroid dienone is 1. The Balaban J connectivity index is 0. The van der Waals surface area contributed by atoms with Crippen molar-refractivity contribution in [3.8, 4) is 0 Å². The van der Waals surface area contributed by atoms with Crippen LogP contribution in [0.2, 0.25) is 0 Å². The van der Waals surface area contributed by atoms with Crippen LogP contribution in [-0.2, 0) is 19.1 Å². The van der Waals surface area contributed by atoms with Crippen LogP contribution in [0.1, 0.15) is 41.5 Å². The molecule has 7 heteroatoms. The molecule has 0 aromatic heterocycles. The fourth-order valence-corrected chi connectivity index (χ4v) is 2.22. The fourth-order valence-electron chi connectivity index (χ4n) is 1.51. The van der Waals surface area contributed by atoms with E-state index in [9.17, 15) is 9.59 Å². The monoisotopic (exact) mass is 425 g/mol. The van der Waals surface area contributed by atoms with Crippen molar-refractivity contribution >= 4 is 23.7 Å². The Kier molecular flexibility index (Phi) is 12.0. The zero-order chi connectivity index (χ0) is 18.4. The van der Waals surface area contributed by atoms with Crippen molar-refractivity contribution in [2.75, 3.05) is 0 Å². The van der Waals surface area contributed by atoms with Crippen LogP contribution in [0.5, 0.6) is 0 Å². The van der Waals surface area contributed by atoms with Crippen LogP contribution in [0.15, 0.2) is 28.7 Å². The first-order valence-corrected chi connectivity index (χ1v) is 7.98. The molecule has 0 atom stereocenters. The predicted octanol–water partition coefficient (Wildman–Crippen LogP) is 0.326. The fraction of sp³-hybridized carbons (Fsp3) is 0.529. The van der Waals surface area contributed by atoms with Crippen LogP contribution in [-0.4, -0.2) is 23.1 Å². The third-order valence-electron chi connectivity index (χ3n) is 2.22. The molecule has 0 unspecified atom stereocenters. The molecule has 5 nitrogen and oxygen atoms in total. The van der Waals surface area contributed by atoms with Gasteiger partial charge in [0.2, 0.25) is 0 Å². The van der Waals surface area contributed by atoms with E-state index in [4.69, 9.17) is 21.8 Å². The normalized spacial score (nSPS) is 12.6. The number of hydrogen-bond acceptors (Lipinski definition) is 6. The number of ether oxygens (including phenoxy) is 2. The van der Waals surface area contributed by atoms with E-state index in [0.717, 1.165) is 17.8 Å². The Morgan fingerprint density at radius 1 is 1.08 bits per heavy atom. The quantitative estimate of drug-likeness (QED) is 0.286. The SMILES string of the molecule is [CH-]=C/C(N)=C(\SC=C)C(C(=O)OC(C)(C)C)C(=O)OC(C)(C)C.[Rb+]. The summed E-state index contributed by atoms with van der Waals surface area (Å²) >= 11 is 1.03. The first-order valence-electron chi connectivity index (χ1n) is 7.10. The molecule has 0 aliphatic rings. The second kappa shape index (κ2) is 11.0. The largest absolute Gasteiger partial charge is 1.00 e. The third-order valence-corrected chi connectivity index (χ3v) is 3.11. The van der Waals surface area contributed by atoms with Gasteiger partial charge in [-0.1, -0.05) is 6.58 Å². The maximum absolute atomic E-state index is 12.5. The molecule has 130 valence electrons. The van der Waals surface area contributed by atoms with Crippen molar-refractivity contribution in [2.45, 2.75) is 52.7 Å². The van der Waals surface area contributed by atoms with Gasteiger partial charge < -0.3 is 15.2 Å². The van der Waals surface area contributed by atoms with E-state index in [0.29, 0.717) is 0 Å². The molecule has 0 aromatic rings. The Labute approximate surface area is 198 Å². The topological polar surface area (TPSA) is 78.6 Å². The Morgan fingerprint density at radius 3 is 1.71 bits per heavy atom. The Morgan fingerprint density at radius 2 is 1.46 bits per heavy atom. The molecule has 0 aliphatic heterocycles. The van der Waals surface area contributed by atoms with Gasteiger partial charge in [-0.3, -0.25) is 16.2 Å². The number of esters is 2. The minimum absolute atomic E-state index is 0. The number of nitrogens with two attached hydrogens (primary N) is 1. The van der Waals surface area contributed by atoms with Gasteiger partial charge in [-0.05, 0) is 51.9 Å². The summed E-state index contributed by atoms with van der Waals surface area (Å²) in [5.41, 5.74) is 4.39. The molecule has 0 bridgehead atoms. The van der Waals surface area contributed by atoms with Gasteiger partial charge in [0, 0.05) is 0 Å². The van der Waals surface area contributed by atoms with Crippen LogP contribution in [0.4, 0.5) is 0 Å². The maximum atomic E-state index is 12.5. The average molecular weight is 426 g/mol. The van der Waals surface area contributed by atoms with E-state index >= 15 is 0 Å². The standard InChI is InChI=1S/C17H26NO4S.Rb/c1-9-11(18)13(23-10-2)12(14(19)21-16(3,4)5)15(20)22-17(6,7)8;/h1,9-10,12H,2,18H2,3-8H3;/q-1;+1/b13-11+;. The number of carbonyl (C=O) groups excluding carboxylic acids is 2. The van der Waals surface area contributed by atoms with Crippen molar-refractivity contribution in [1.82, 2.24) is 0 Å². The van der Waals surface area contributed by atoms with E-state index in [1.807, 2.05) is 0 Å². The molecule has 0 fully saturated rings. The second-order valence-corrected chi connectivity index (χ2v) is 7.78. The third kappa shape index (κ3) is 10.2. The maximum Gasteiger partial charge on any atom is 1.00 e. The molecule has 0 rings (SSSR count). The van der Waals surface area contributed by atoms with E-state index in [2.05, 4.69) is 6.58 Å². The van der Waals surface area contributed by atoms with Gasteiger partial charge in [-0.15, -0.1) is 17.5 Å². The zero-order valence-electron chi connectivity index (χ0n) is 15.6. The molecule has 0 amide bonds. The molecule has 0 radical (unpaired) electrons. The summed E-state index contributed by atoms with van der Waals surface area (Å²) < 4.78 is 10.7. The van der Waals surface area contributed by atoms with E-state index in [1.54, 1.807) is 41.5 Å². The second-order valence-electron chi connectivity index (χ2n) is 6.77. The van der Waals surface area contributed by atoms with Crippen molar-refractivity contribution in [1.29, 1.82) is 0 Å². The molecule has 2 N–H and O–H groups in total. The zero-order valence-corrected chi connectivity index (χ0v) is 21.4. The van der Waals surface area contributed by atoms with Gasteiger partial charge in [0.1, 0.15) is 11.2 Å². The molecular formula is C17H26NO4RbS. The van der Waals surface area contributed by atoms with Gasteiger partial charge >= 0.3 is 70.1 Å². The number of thioether (sulfide) groups is 1. The summed E-state index contributed by atoms with van der Waals surface area (Å²) in [4.78, 5) is 25.2. The molecule has 0 saturated carbocycles. The van der Waals surface area contributed by atoms with Crippen LogP contribution in [0, 0.1) is 12.5 Å². The van der Waals surface area contributed by atoms with Gasteiger partial charge in [-0.2, -0.15) is 0 Å². The average Bonchev–Trinajstić information content (AvgIpc) is 2.32. The van der Waals surface area contributed by atoms with E-state index < -0.39 is 29.1 Å². The van der Waals surface area contributed by atoms with E-state index in [-0.39, 0.29) is 68.8 Å². The number of carbonyl (C=O) groups is 2. The van der Waals surface area contributed by atoms with Gasteiger partial charge in [0.05, 0.1) is 0 Å². The summed E-state index contributed by atoms with van der Waals surface area (Å²) in [5.74, 6) is -2.82. The predicted molar refractivity (Wildman–Crippen MR) is 93.1 cm³/mol. The first kappa shape index (κ1) is 26.3. The Bertz CT molecular complexity index is 488. The van der Waals surface area contributed by atoms with Crippen LogP contribution in [0.25, 0.3) is 0 Å². The summed E-state index contributed by atoms with van der Waals surface area (Å²) in [7, 11) is 0. The molecule has 0 aliphatic carbocycles. The number of rotatable bonds is 6. The minimum Gasteiger partial charge on any atom is -0.474 e. The van der Waals surface area contributed by atoms with Gasteiger partial charge in [0.25, 0.3) is 0 Å². The molecule has 0 aromatic carbocycles.